The van der Waals surface area contributed by atoms with Gasteiger partial charge in [-0.25, -0.2) is 0 Å². The van der Waals surface area contributed by atoms with Gasteiger partial charge in [0.15, 0.2) is 0 Å². The Bertz CT molecular complexity index is 771. The molecule has 0 saturated heterocycles. The smallest absolute Gasteiger partial charge is 0.350 e. The normalized spacial score (nSPS) is 10.7. The van der Waals surface area contributed by atoms with E-state index in [4.69, 9.17) is 16.3 Å². The van der Waals surface area contributed by atoms with Crippen LogP contribution in [0.25, 0.3) is 0 Å². The molecule has 136 valence electrons. The van der Waals surface area contributed by atoms with Crippen LogP contribution in [0.4, 0.5) is 5.69 Å². The number of hydrogen-bond donors (Lipinski definition) is 0. The van der Waals surface area contributed by atoms with E-state index in [1.165, 1.54) is 22.9 Å². The lowest BCUT2D eigenvalue weighted by Gasteiger charge is -2.16. The van der Waals surface area contributed by atoms with Crippen LogP contribution in [0.2, 0.25) is 5.02 Å². The first-order chi connectivity index (χ1) is 11.8. The molecule has 0 bridgehead atoms. The molecule has 0 N–H and O–H groups in total. The molecule has 0 aliphatic heterocycles. The Hall–Kier alpha value is -2.62. The van der Waals surface area contributed by atoms with Gasteiger partial charge >= 0.3 is 11.6 Å². The molecule has 2 heterocycles. The summed E-state index contributed by atoms with van der Waals surface area (Å²) in [4.78, 5) is 24.0. The maximum atomic E-state index is 12.2. The molecule has 0 saturated carbocycles. The van der Waals surface area contributed by atoms with Crippen LogP contribution in [0.15, 0.2) is 12.4 Å². The van der Waals surface area contributed by atoms with Gasteiger partial charge < -0.3 is 9.64 Å². The van der Waals surface area contributed by atoms with Gasteiger partial charge in [0.2, 0.25) is 5.91 Å². The number of aryl methyl sites for hydroxylation is 2. The fraction of sp³-hybridized carbons (Fsp3) is 0.500. The number of aromatic nitrogens is 4. The lowest BCUT2D eigenvalue weighted by molar-refractivity contribution is -0.385. The van der Waals surface area contributed by atoms with Crippen LogP contribution in [-0.4, -0.2) is 49.4 Å². The minimum Gasteiger partial charge on any atom is -0.475 e. The average molecular weight is 371 g/mol. The van der Waals surface area contributed by atoms with Gasteiger partial charge in [0.25, 0.3) is 0 Å². The van der Waals surface area contributed by atoms with Gasteiger partial charge in [0.05, 0.1) is 30.1 Å². The van der Waals surface area contributed by atoms with Crippen molar-refractivity contribution in [3.8, 4) is 5.88 Å². The number of methoxy groups -OCH3 is 1. The third-order valence-electron chi connectivity index (χ3n) is 3.58. The van der Waals surface area contributed by atoms with Crippen LogP contribution < -0.4 is 4.74 Å². The molecule has 10 nitrogen and oxygen atoms in total. The maximum absolute atomic E-state index is 12.2. The SMILES string of the molecule is CCn1cc(Cl)c(CN(C)C(=O)CCn2cc([N+](=O)[O-])c(OC)n2)n1. The lowest BCUT2D eigenvalue weighted by Crippen LogP contribution is -2.27. The van der Waals surface area contributed by atoms with Crippen molar-refractivity contribution in [2.45, 2.75) is 33.0 Å². The molecule has 0 fully saturated rings. The Morgan fingerprint density at radius 1 is 1.40 bits per heavy atom. The number of nitro groups is 1. The molecule has 0 aliphatic carbocycles. The molecule has 0 aromatic carbocycles. The summed E-state index contributed by atoms with van der Waals surface area (Å²) in [6.45, 7) is 3.12. The summed E-state index contributed by atoms with van der Waals surface area (Å²) >= 11 is 6.10. The molecule has 0 unspecified atom stereocenters. The number of carbonyl (C=O) groups is 1. The average Bonchev–Trinajstić information content (AvgIpc) is 3.16. The van der Waals surface area contributed by atoms with E-state index in [9.17, 15) is 14.9 Å². The van der Waals surface area contributed by atoms with Gasteiger partial charge in [0.1, 0.15) is 11.9 Å². The highest BCUT2D eigenvalue weighted by atomic mass is 35.5. The minimum absolute atomic E-state index is 0.0808. The number of halogens is 1. The molecule has 0 spiro atoms. The van der Waals surface area contributed by atoms with E-state index in [-0.39, 0.29) is 37.0 Å². The van der Waals surface area contributed by atoms with Gasteiger partial charge in [-0.2, -0.15) is 5.10 Å². The molecule has 2 rings (SSSR count). The van der Waals surface area contributed by atoms with Crippen molar-refractivity contribution in [2.75, 3.05) is 14.2 Å². The Balaban J connectivity index is 1.95. The van der Waals surface area contributed by atoms with Gasteiger partial charge in [-0.05, 0) is 6.92 Å². The summed E-state index contributed by atoms with van der Waals surface area (Å²) in [5.74, 6) is -0.234. The van der Waals surface area contributed by atoms with E-state index in [1.54, 1.807) is 17.9 Å². The Morgan fingerprint density at radius 2 is 2.12 bits per heavy atom. The molecular weight excluding hydrogens is 352 g/mol. The van der Waals surface area contributed by atoms with Crippen molar-refractivity contribution in [3.05, 3.63) is 33.2 Å². The van der Waals surface area contributed by atoms with E-state index in [2.05, 4.69) is 10.2 Å². The fourth-order valence-electron chi connectivity index (χ4n) is 2.20. The number of ether oxygens (including phenoxy) is 1. The second-order valence-corrected chi connectivity index (χ2v) is 5.73. The van der Waals surface area contributed by atoms with Crippen molar-refractivity contribution >= 4 is 23.2 Å². The predicted molar refractivity (Wildman–Crippen MR) is 89.4 cm³/mol. The zero-order valence-corrected chi connectivity index (χ0v) is 14.9. The van der Waals surface area contributed by atoms with E-state index in [0.717, 1.165) is 0 Å². The Labute approximate surface area is 149 Å². The second-order valence-electron chi connectivity index (χ2n) is 5.32. The highest BCUT2D eigenvalue weighted by Gasteiger charge is 2.21. The van der Waals surface area contributed by atoms with Crippen molar-refractivity contribution in [3.63, 3.8) is 0 Å². The third kappa shape index (κ3) is 4.47. The molecule has 0 aliphatic rings. The monoisotopic (exact) mass is 370 g/mol. The fourth-order valence-corrected chi connectivity index (χ4v) is 2.41. The van der Waals surface area contributed by atoms with Gasteiger partial charge in [-0.15, -0.1) is 5.10 Å². The number of nitrogens with zero attached hydrogens (tertiary/aromatic N) is 6. The molecular formula is C14H19ClN6O4. The molecule has 2 aromatic rings. The van der Waals surface area contributed by atoms with Crippen molar-refractivity contribution in [1.82, 2.24) is 24.5 Å². The quantitative estimate of drug-likeness (QED) is 0.517. The summed E-state index contributed by atoms with van der Waals surface area (Å²) in [6, 6.07) is 0. The molecule has 2 aromatic heterocycles. The Morgan fingerprint density at radius 3 is 2.64 bits per heavy atom. The van der Waals surface area contributed by atoms with E-state index in [1.807, 2.05) is 6.92 Å². The van der Waals surface area contributed by atoms with Crippen LogP contribution in [0.5, 0.6) is 5.88 Å². The topological polar surface area (TPSA) is 108 Å². The van der Waals surface area contributed by atoms with E-state index < -0.39 is 4.92 Å². The van der Waals surface area contributed by atoms with Crippen molar-refractivity contribution < 1.29 is 14.5 Å². The minimum atomic E-state index is -0.581. The van der Waals surface area contributed by atoms with Gasteiger partial charge in [-0.1, -0.05) is 11.6 Å². The van der Waals surface area contributed by atoms with Crippen LogP contribution in [-0.2, 0) is 24.4 Å². The third-order valence-corrected chi connectivity index (χ3v) is 3.89. The summed E-state index contributed by atoms with van der Waals surface area (Å²) in [5, 5.41) is 19.6. The van der Waals surface area contributed by atoms with Crippen molar-refractivity contribution in [1.29, 1.82) is 0 Å². The zero-order valence-electron chi connectivity index (χ0n) is 14.2. The first kappa shape index (κ1) is 18.7. The summed E-state index contributed by atoms with van der Waals surface area (Å²) in [6.07, 6.45) is 3.08. The molecule has 0 radical (unpaired) electrons. The zero-order chi connectivity index (χ0) is 18.6. The van der Waals surface area contributed by atoms with Gasteiger partial charge in [-0.3, -0.25) is 24.3 Å². The number of rotatable bonds is 8. The summed E-state index contributed by atoms with van der Waals surface area (Å²) < 4.78 is 7.87. The number of carbonyl (C=O) groups excluding carboxylic acids is 1. The molecule has 11 heteroatoms. The molecule has 1 amide bonds. The highest BCUT2D eigenvalue weighted by Crippen LogP contribution is 2.24. The van der Waals surface area contributed by atoms with Crippen LogP contribution in [0, 0.1) is 10.1 Å². The standard InChI is InChI=1S/C14H19ClN6O4/c1-4-19-7-10(15)11(16-19)8-18(2)13(22)5-6-20-9-12(21(23)24)14(17-20)25-3/h7,9H,4-6,8H2,1-3H3. The number of amides is 1. The van der Waals surface area contributed by atoms with Crippen LogP contribution in [0.1, 0.15) is 19.0 Å². The largest absolute Gasteiger partial charge is 0.475 e. The van der Waals surface area contributed by atoms with Crippen LogP contribution >= 0.6 is 11.6 Å². The highest BCUT2D eigenvalue weighted by molar-refractivity contribution is 6.31. The molecule has 0 atom stereocenters. The van der Waals surface area contributed by atoms with Crippen LogP contribution in [0.3, 0.4) is 0 Å². The first-order valence-electron chi connectivity index (χ1n) is 7.57. The Kier molecular flexibility index (Phi) is 5.97. The van der Waals surface area contributed by atoms with E-state index >= 15 is 0 Å². The molecule has 25 heavy (non-hydrogen) atoms. The second kappa shape index (κ2) is 7.97. The van der Waals surface area contributed by atoms with Crippen molar-refractivity contribution in [2.24, 2.45) is 0 Å². The maximum Gasteiger partial charge on any atom is 0.350 e. The number of hydrogen-bond acceptors (Lipinski definition) is 6. The first-order valence-corrected chi connectivity index (χ1v) is 7.95. The summed E-state index contributed by atoms with van der Waals surface area (Å²) in [7, 11) is 2.95. The summed E-state index contributed by atoms with van der Waals surface area (Å²) in [5.41, 5.74) is 0.385. The lowest BCUT2D eigenvalue weighted by atomic mass is 10.3. The predicted octanol–water partition coefficient (Wildman–Crippen LogP) is 1.72. The van der Waals surface area contributed by atoms with E-state index in [0.29, 0.717) is 17.3 Å². The van der Waals surface area contributed by atoms with Gasteiger partial charge in [0, 0.05) is 26.2 Å².